The molecule has 1 atom stereocenters. The molecule has 4 N–H and O–H groups in total. The van der Waals surface area contributed by atoms with Crippen molar-refractivity contribution in [2.75, 3.05) is 6.54 Å². The number of nitrogens with one attached hydrogen (secondary N) is 1. The Bertz CT molecular complexity index is 453. The number of amides is 1. The molecule has 0 saturated carbocycles. The number of alkyl carbamates (subject to hydrolysis) is 1. The number of aliphatic hydroxyl groups is 1. The van der Waals surface area contributed by atoms with Crippen LogP contribution in [0.15, 0.2) is 18.2 Å². The van der Waals surface area contributed by atoms with Crippen LogP contribution in [0.3, 0.4) is 0 Å². The number of hydrogen-bond donors (Lipinski definition) is 4. The molecule has 0 heterocycles. The van der Waals surface area contributed by atoms with E-state index in [1.807, 2.05) is 0 Å². The Kier molecular flexibility index (Phi) is 4.61. The summed E-state index contributed by atoms with van der Waals surface area (Å²) in [5.74, 6) is -0.593. The number of benzene rings is 1. The van der Waals surface area contributed by atoms with Crippen molar-refractivity contribution in [3.63, 3.8) is 0 Å². The minimum absolute atomic E-state index is 0.0564. The van der Waals surface area contributed by atoms with Gasteiger partial charge in [-0.1, -0.05) is 6.07 Å². The van der Waals surface area contributed by atoms with Crippen LogP contribution in [0.1, 0.15) is 32.4 Å². The molecule has 1 aromatic carbocycles. The first kappa shape index (κ1) is 15.1. The van der Waals surface area contributed by atoms with Gasteiger partial charge < -0.3 is 25.4 Å². The summed E-state index contributed by atoms with van der Waals surface area (Å²) in [4.78, 5) is 11.4. The summed E-state index contributed by atoms with van der Waals surface area (Å²) in [6.07, 6.45) is -1.63. The van der Waals surface area contributed by atoms with E-state index in [1.165, 1.54) is 18.2 Å². The number of phenolic OH excluding ortho intramolecular Hbond substituents is 2. The topological polar surface area (TPSA) is 99.0 Å². The second-order valence-electron chi connectivity index (χ2n) is 5.15. The van der Waals surface area contributed by atoms with Crippen molar-refractivity contribution < 1.29 is 24.9 Å². The van der Waals surface area contributed by atoms with E-state index >= 15 is 0 Å². The molecule has 1 aromatic rings. The summed E-state index contributed by atoms with van der Waals surface area (Å²) in [6, 6.07) is 3.95. The van der Waals surface area contributed by atoms with Crippen molar-refractivity contribution in [1.29, 1.82) is 0 Å². The van der Waals surface area contributed by atoms with Gasteiger partial charge in [0.1, 0.15) is 5.60 Å². The highest BCUT2D eigenvalue weighted by atomic mass is 16.6. The van der Waals surface area contributed by atoms with Crippen molar-refractivity contribution in [1.82, 2.24) is 5.32 Å². The summed E-state index contributed by atoms with van der Waals surface area (Å²) >= 11 is 0. The van der Waals surface area contributed by atoms with E-state index in [0.29, 0.717) is 5.56 Å². The number of carbonyl (C=O) groups excluding carboxylic acids is 1. The molecule has 0 radical (unpaired) electrons. The molecule has 1 amide bonds. The molecule has 0 aromatic heterocycles. The number of carbonyl (C=O) groups is 1. The lowest BCUT2D eigenvalue weighted by Crippen LogP contribution is -2.34. The third-order valence-electron chi connectivity index (χ3n) is 2.22. The summed E-state index contributed by atoms with van der Waals surface area (Å²) in [6.45, 7) is 5.15. The second kappa shape index (κ2) is 5.79. The zero-order chi connectivity index (χ0) is 14.6. The molecule has 0 aliphatic rings. The predicted octanol–water partition coefficient (Wildman–Crippen LogP) is 1.66. The normalized spacial score (nSPS) is 12.8. The molecule has 1 rings (SSSR count). The smallest absolute Gasteiger partial charge is 0.407 e. The van der Waals surface area contributed by atoms with Crippen LogP contribution in [0.5, 0.6) is 11.5 Å². The average molecular weight is 269 g/mol. The van der Waals surface area contributed by atoms with Gasteiger partial charge in [0.05, 0.1) is 12.6 Å². The zero-order valence-corrected chi connectivity index (χ0v) is 11.2. The quantitative estimate of drug-likeness (QED) is 0.625. The molecule has 0 bridgehead atoms. The fourth-order valence-corrected chi connectivity index (χ4v) is 1.36. The lowest BCUT2D eigenvalue weighted by molar-refractivity contribution is 0.0491. The Morgan fingerprint density at radius 3 is 2.47 bits per heavy atom. The van der Waals surface area contributed by atoms with Crippen molar-refractivity contribution in [3.8, 4) is 11.5 Å². The van der Waals surface area contributed by atoms with E-state index in [1.54, 1.807) is 20.8 Å². The molecule has 1 unspecified atom stereocenters. The monoisotopic (exact) mass is 269 g/mol. The van der Waals surface area contributed by atoms with Gasteiger partial charge in [-0.05, 0) is 38.5 Å². The fraction of sp³-hybridized carbons (Fsp3) is 0.462. The summed E-state index contributed by atoms with van der Waals surface area (Å²) < 4.78 is 5.02. The lowest BCUT2D eigenvalue weighted by Gasteiger charge is -2.20. The Hall–Kier alpha value is -1.95. The highest BCUT2D eigenvalue weighted by Crippen LogP contribution is 2.27. The van der Waals surface area contributed by atoms with Crippen LogP contribution in [0, 0.1) is 0 Å². The van der Waals surface area contributed by atoms with Crippen molar-refractivity contribution in [3.05, 3.63) is 23.8 Å². The molecule has 0 spiro atoms. The van der Waals surface area contributed by atoms with Crippen LogP contribution < -0.4 is 5.32 Å². The molecule has 0 aliphatic carbocycles. The van der Waals surface area contributed by atoms with Gasteiger partial charge in [-0.15, -0.1) is 0 Å². The minimum Gasteiger partial charge on any atom is -0.504 e. The van der Waals surface area contributed by atoms with Gasteiger partial charge in [0.25, 0.3) is 0 Å². The molecule has 0 saturated heterocycles. The number of phenols is 2. The van der Waals surface area contributed by atoms with Gasteiger partial charge in [-0.25, -0.2) is 4.79 Å². The predicted molar refractivity (Wildman–Crippen MR) is 69.0 cm³/mol. The van der Waals surface area contributed by atoms with Gasteiger partial charge in [-0.2, -0.15) is 0 Å². The van der Waals surface area contributed by atoms with Crippen LogP contribution in [-0.4, -0.2) is 33.6 Å². The molecule has 19 heavy (non-hydrogen) atoms. The lowest BCUT2D eigenvalue weighted by atomic mass is 10.1. The maximum Gasteiger partial charge on any atom is 0.407 e. The van der Waals surface area contributed by atoms with Crippen LogP contribution in [0.2, 0.25) is 0 Å². The zero-order valence-electron chi connectivity index (χ0n) is 11.2. The van der Waals surface area contributed by atoms with Crippen molar-refractivity contribution >= 4 is 6.09 Å². The molecular formula is C13H19NO5. The average Bonchev–Trinajstić information content (AvgIpc) is 2.27. The van der Waals surface area contributed by atoms with Crippen LogP contribution in [0.4, 0.5) is 4.79 Å². The van der Waals surface area contributed by atoms with E-state index in [0.717, 1.165) is 0 Å². The van der Waals surface area contributed by atoms with E-state index in [-0.39, 0.29) is 18.0 Å². The van der Waals surface area contributed by atoms with E-state index < -0.39 is 17.8 Å². The number of rotatable bonds is 3. The molecule has 6 heteroatoms. The molecular weight excluding hydrogens is 250 g/mol. The molecule has 106 valence electrons. The Morgan fingerprint density at radius 1 is 1.32 bits per heavy atom. The summed E-state index contributed by atoms with van der Waals surface area (Å²) in [5, 5.41) is 30.7. The van der Waals surface area contributed by atoms with Gasteiger partial charge in [-0.3, -0.25) is 0 Å². The number of aliphatic hydroxyl groups excluding tert-OH is 1. The standard InChI is InChI=1S/C13H19NO5/c1-13(2,3)19-12(18)14-7-11(17)8-4-5-9(15)10(16)6-8/h4-6,11,15-17H,7H2,1-3H3,(H,14,18). The Morgan fingerprint density at radius 2 is 1.95 bits per heavy atom. The van der Waals surface area contributed by atoms with Gasteiger partial charge in [0.15, 0.2) is 11.5 Å². The second-order valence-corrected chi connectivity index (χ2v) is 5.15. The van der Waals surface area contributed by atoms with Gasteiger partial charge in [0.2, 0.25) is 0 Å². The van der Waals surface area contributed by atoms with Crippen molar-refractivity contribution in [2.24, 2.45) is 0 Å². The first-order valence-electron chi connectivity index (χ1n) is 5.86. The van der Waals surface area contributed by atoms with E-state index in [9.17, 15) is 15.0 Å². The van der Waals surface area contributed by atoms with Crippen molar-refractivity contribution in [2.45, 2.75) is 32.5 Å². The van der Waals surface area contributed by atoms with Crippen LogP contribution >= 0.6 is 0 Å². The van der Waals surface area contributed by atoms with E-state index in [4.69, 9.17) is 9.84 Å². The van der Waals surface area contributed by atoms with Gasteiger partial charge >= 0.3 is 6.09 Å². The van der Waals surface area contributed by atoms with Crippen LogP contribution in [-0.2, 0) is 4.74 Å². The Labute approximate surface area is 111 Å². The summed E-state index contributed by atoms with van der Waals surface area (Å²) in [7, 11) is 0. The third kappa shape index (κ3) is 5.05. The highest BCUT2D eigenvalue weighted by molar-refractivity contribution is 5.67. The Balaban J connectivity index is 2.53. The fourth-order valence-electron chi connectivity index (χ4n) is 1.36. The maximum absolute atomic E-state index is 11.4. The van der Waals surface area contributed by atoms with Crippen LogP contribution in [0.25, 0.3) is 0 Å². The molecule has 0 fully saturated rings. The maximum atomic E-state index is 11.4. The van der Waals surface area contributed by atoms with E-state index in [2.05, 4.69) is 5.32 Å². The third-order valence-corrected chi connectivity index (χ3v) is 2.22. The number of hydrogen-bond acceptors (Lipinski definition) is 5. The molecule has 6 nitrogen and oxygen atoms in total. The number of ether oxygens (including phenoxy) is 1. The number of aromatic hydroxyl groups is 2. The van der Waals surface area contributed by atoms with Gasteiger partial charge in [0, 0.05) is 0 Å². The SMILES string of the molecule is CC(C)(C)OC(=O)NCC(O)c1ccc(O)c(O)c1. The highest BCUT2D eigenvalue weighted by Gasteiger charge is 2.17. The molecule has 0 aliphatic heterocycles. The first-order chi connectivity index (χ1) is 8.69. The first-order valence-corrected chi connectivity index (χ1v) is 5.86. The minimum atomic E-state index is -1.00. The largest absolute Gasteiger partial charge is 0.504 e. The summed E-state index contributed by atoms with van der Waals surface area (Å²) in [5.41, 5.74) is -0.224.